The summed E-state index contributed by atoms with van der Waals surface area (Å²) >= 11 is 0. The second kappa shape index (κ2) is 7.38. The molecule has 2 aromatic rings. The molecule has 2 amide bonds. The molecule has 0 aromatic heterocycles. The van der Waals surface area contributed by atoms with Crippen LogP contribution in [0.5, 0.6) is 0 Å². The average Bonchev–Trinajstić information content (AvgIpc) is 2.54. The van der Waals surface area contributed by atoms with Crippen LogP contribution in [-0.2, 0) is 11.0 Å². The highest BCUT2D eigenvalue weighted by molar-refractivity contribution is 5.99. The standard InChI is InChI=1S/C18H17F3N2O2/c1-11-3-8-15(12(2)9-11)23-16(24)10-22-17(25)13-4-6-14(7-5-13)18(19,20)21/h3-9H,10H2,1-2H3,(H,22,25)(H,23,24). The first-order chi connectivity index (χ1) is 11.7. The Morgan fingerprint density at radius 2 is 1.64 bits per heavy atom. The second-order valence-electron chi connectivity index (χ2n) is 5.62. The SMILES string of the molecule is Cc1ccc(NC(=O)CNC(=O)c2ccc(C(F)(F)F)cc2)c(C)c1. The third kappa shape index (κ3) is 5.07. The maximum Gasteiger partial charge on any atom is 0.416 e. The van der Waals surface area contributed by atoms with Crippen molar-refractivity contribution in [1.82, 2.24) is 5.32 Å². The summed E-state index contributed by atoms with van der Waals surface area (Å²) in [6.45, 7) is 3.50. The number of anilines is 1. The molecule has 0 aliphatic rings. The van der Waals surface area contributed by atoms with Crippen molar-refractivity contribution in [3.8, 4) is 0 Å². The molecule has 0 bridgehead atoms. The van der Waals surface area contributed by atoms with E-state index >= 15 is 0 Å². The molecular formula is C18H17F3N2O2. The molecule has 2 N–H and O–H groups in total. The maximum absolute atomic E-state index is 12.5. The van der Waals surface area contributed by atoms with Crippen LogP contribution in [0.15, 0.2) is 42.5 Å². The Morgan fingerprint density at radius 3 is 2.20 bits per heavy atom. The lowest BCUT2D eigenvalue weighted by atomic mass is 10.1. The summed E-state index contributed by atoms with van der Waals surface area (Å²) in [6.07, 6.45) is -4.46. The van der Waals surface area contributed by atoms with Gasteiger partial charge in [0.1, 0.15) is 0 Å². The number of carbonyl (C=O) groups excluding carboxylic acids is 2. The lowest BCUT2D eigenvalue weighted by molar-refractivity contribution is -0.137. The van der Waals surface area contributed by atoms with E-state index in [1.54, 1.807) is 6.07 Å². The van der Waals surface area contributed by atoms with Gasteiger partial charge in [-0.2, -0.15) is 13.2 Å². The smallest absolute Gasteiger partial charge is 0.343 e. The van der Waals surface area contributed by atoms with Gasteiger partial charge in [-0.1, -0.05) is 17.7 Å². The highest BCUT2D eigenvalue weighted by Gasteiger charge is 2.30. The summed E-state index contributed by atoms with van der Waals surface area (Å²) in [5.74, 6) is -1.04. The van der Waals surface area contributed by atoms with Crippen molar-refractivity contribution < 1.29 is 22.8 Å². The molecule has 0 aliphatic carbocycles. The van der Waals surface area contributed by atoms with Crippen molar-refractivity contribution >= 4 is 17.5 Å². The average molecular weight is 350 g/mol. The predicted molar refractivity (Wildman–Crippen MR) is 88.3 cm³/mol. The molecule has 25 heavy (non-hydrogen) atoms. The van der Waals surface area contributed by atoms with Gasteiger partial charge < -0.3 is 10.6 Å². The monoisotopic (exact) mass is 350 g/mol. The number of rotatable bonds is 4. The molecule has 132 valence electrons. The van der Waals surface area contributed by atoms with E-state index in [4.69, 9.17) is 0 Å². The summed E-state index contributed by atoms with van der Waals surface area (Å²) in [6, 6.07) is 9.32. The van der Waals surface area contributed by atoms with Gasteiger partial charge in [0.2, 0.25) is 5.91 Å². The Morgan fingerprint density at radius 1 is 1.00 bits per heavy atom. The third-order valence-corrected chi connectivity index (χ3v) is 3.54. The van der Waals surface area contributed by atoms with E-state index in [-0.39, 0.29) is 12.1 Å². The zero-order valence-corrected chi connectivity index (χ0v) is 13.7. The van der Waals surface area contributed by atoms with E-state index in [1.165, 1.54) is 0 Å². The van der Waals surface area contributed by atoms with Crippen molar-refractivity contribution in [2.45, 2.75) is 20.0 Å². The first-order valence-electron chi connectivity index (χ1n) is 7.49. The number of halogens is 3. The number of benzene rings is 2. The fourth-order valence-electron chi connectivity index (χ4n) is 2.22. The predicted octanol–water partition coefficient (Wildman–Crippen LogP) is 3.69. The molecule has 0 saturated heterocycles. The van der Waals surface area contributed by atoms with Crippen molar-refractivity contribution in [1.29, 1.82) is 0 Å². The normalized spacial score (nSPS) is 11.1. The molecular weight excluding hydrogens is 333 g/mol. The van der Waals surface area contributed by atoms with Gasteiger partial charge in [-0.15, -0.1) is 0 Å². The number of alkyl halides is 3. The Kier molecular flexibility index (Phi) is 5.46. The summed E-state index contributed by atoms with van der Waals surface area (Å²) in [5, 5.41) is 5.05. The number of amides is 2. The van der Waals surface area contributed by atoms with Crippen LogP contribution in [0.4, 0.5) is 18.9 Å². The van der Waals surface area contributed by atoms with Gasteiger partial charge in [-0.3, -0.25) is 9.59 Å². The van der Waals surface area contributed by atoms with E-state index in [2.05, 4.69) is 10.6 Å². The zero-order chi connectivity index (χ0) is 18.6. The van der Waals surface area contributed by atoms with E-state index in [0.717, 1.165) is 35.4 Å². The third-order valence-electron chi connectivity index (χ3n) is 3.54. The van der Waals surface area contributed by atoms with Crippen molar-refractivity contribution in [3.05, 3.63) is 64.7 Å². The van der Waals surface area contributed by atoms with E-state index in [1.807, 2.05) is 26.0 Å². The quantitative estimate of drug-likeness (QED) is 0.884. The number of nitrogens with one attached hydrogen (secondary N) is 2. The molecule has 0 atom stereocenters. The van der Waals surface area contributed by atoms with Crippen molar-refractivity contribution in [2.24, 2.45) is 0 Å². The molecule has 4 nitrogen and oxygen atoms in total. The molecule has 0 heterocycles. The van der Waals surface area contributed by atoms with Gasteiger partial charge in [-0.05, 0) is 49.7 Å². The molecule has 0 saturated carbocycles. The summed E-state index contributed by atoms with van der Waals surface area (Å²) < 4.78 is 37.5. The molecule has 0 radical (unpaired) electrons. The minimum Gasteiger partial charge on any atom is -0.343 e. The van der Waals surface area contributed by atoms with Crippen LogP contribution >= 0.6 is 0 Å². The fraction of sp³-hybridized carbons (Fsp3) is 0.222. The second-order valence-corrected chi connectivity index (χ2v) is 5.62. The van der Waals surface area contributed by atoms with Crippen LogP contribution in [0, 0.1) is 13.8 Å². The minimum absolute atomic E-state index is 0.0484. The van der Waals surface area contributed by atoms with Gasteiger partial charge in [0.05, 0.1) is 12.1 Å². The van der Waals surface area contributed by atoms with Gasteiger partial charge >= 0.3 is 6.18 Å². The molecule has 2 aromatic carbocycles. The van der Waals surface area contributed by atoms with Crippen LogP contribution < -0.4 is 10.6 Å². The Bertz CT molecular complexity index is 784. The largest absolute Gasteiger partial charge is 0.416 e. The zero-order valence-electron chi connectivity index (χ0n) is 13.7. The topological polar surface area (TPSA) is 58.2 Å². The summed E-state index contributed by atoms with van der Waals surface area (Å²) in [7, 11) is 0. The van der Waals surface area contributed by atoms with Crippen LogP contribution in [0.1, 0.15) is 27.0 Å². The van der Waals surface area contributed by atoms with E-state index in [0.29, 0.717) is 5.69 Å². The molecule has 0 unspecified atom stereocenters. The Labute approximate surface area is 143 Å². The van der Waals surface area contributed by atoms with Crippen LogP contribution in [-0.4, -0.2) is 18.4 Å². The van der Waals surface area contributed by atoms with Crippen LogP contribution in [0.3, 0.4) is 0 Å². The van der Waals surface area contributed by atoms with Gasteiger partial charge in [-0.25, -0.2) is 0 Å². The first-order valence-corrected chi connectivity index (χ1v) is 7.49. The lowest BCUT2D eigenvalue weighted by Gasteiger charge is -2.10. The number of carbonyl (C=O) groups is 2. The van der Waals surface area contributed by atoms with Gasteiger partial charge in [0.25, 0.3) is 5.91 Å². The highest BCUT2D eigenvalue weighted by Crippen LogP contribution is 2.29. The Balaban J connectivity index is 1.92. The molecule has 0 fully saturated rings. The highest BCUT2D eigenvalue weighted by atomic mass is 19.4. The summed E-state index contributed by atoms with van der Waals surface area (Å²) in [4.78, 5) is 23.8. The van der Waals surface area contributed by atoms with Crippen molar-refractivity contribution in [2.75, 3.05) is 11.9 Å². The molecule has 2 rings (SSSR count). The number of aryl methyl sites for hydroxylation is 2. The van der Waals surface area contributed by atoms with E-state index in [9.17, 15) is 22.8 Å². The number of hydrogen-bond acceptors (Lipinski definition) is 2. The maximum atomic E-state index is 12.5. The van der Waals surface area contributed by atoms with Gasteiger partial charge in [0.15, 0.2) is 0 Å². The van der Waals surface area contributed by atoms with Gasteiger partial charge in [0, 0.05) is 11.3 Å². The number of hydrogen-bond donors (Lipinski definition) is 2. The van der Waals surface area contributed by atoms with Crippen LogP contribution in [0.25, 0.3) is 0 Å². The van der Waals surface area contributed by atoms with Crippen molar-refractivity contribution in [3.63, 3.8) is 0 Å². The molecule has 0 aliphatic heterocycles. The minimum atomic E-state index is -4.46. The Hall–Kier alpha value is -2.83. The first kappa shape index (κ1) is 18.5. The lowest BCUT2D eigenvalue weighted by Crippen LogP contribution is -2.33. The molecule has 0 spiro atoms. The van der Waals surface area contributed by atoms with Crippen LogP contribution in [0.2, 0.25) is 0 Å². The summed E-state index contributed by atoms with van der Waals surface area (Å²) in [5.41, 5.74) is 1.80. The van der Waals surface area contributed by atoms with E-state index < -0.39 is 23.6 Å². The fourth-order valence-corrected chi connectivity index (χ4v) is 2.22. The molecule has 7 heteroatoms.